The molecule has 1 heterocycles. The minimum absolute atomic E-state index is 0.0186. The number of likely N-dealkylation sites (N-methyl/N-ethyl adjacent to an activating group) is 1. The molecular weight excluding hydrogens is 317 g/mol. The van der Waals surface area contributed by atoms with Gasteiger partial charge in [0.05, 0.1) is 11.7 Å². The molecule has 0 aliphatic rings. The maximum atomic E-state index is 13.0. The van der Waals surface area contributed by atoms with E-state index < -0.39 is 17.8 Å². The van der Waals surface area contributed by atoms with Gasteiger partial charge < -0.3 is 10.0 Å². The first-order chi connectivity index (χ1) is 11.4. The number of aliphatic hydroxyl groups is 1. The number of rotatable bonds is 7. The van der Waals surface area contributed by atoms with E-state index in [-0.39, 0.29) is 12.0 Å². The molecule has 1 N–H and O–H groups in total. The highest BCUT2D eigenvalue weighted by Gasteiger charge is 2.33. The number of hydrogen-bond donors (Lipinski definition) is 1. The fraction of sp³-hybridized carbons (Fsp3) is 0.389. The SMILES string of the molecule is CN(CCc1ccncc1)CC(O)Cc1ccccc1C(F)(F)F. The summed E-state index contributed by atoms with van der Waals surface area (Å²) in [6.45, 7) is 1.03. The van der Waals surface area contributed by atoms with Crippen molar-refractivity contribution >= 4 is 0 Å². The number of benzene rings is 1. The summed E-state index contributed by atoms with van der Waals surface area (Å²) in [4.78, 5) is 5.87. The second kappa shape index (κ2) is 8.26. The highest BCUT2D eigenvalue weighted by molar-refractivity contribution is 5.30. The van der Waals surface area contributed by atoms with Gasteiger partial charge in [-0.25, -0.2) is 0 Å². The minimum Gasteiger partial charge on any atom is -0.391 e. The lowest BCUT2D eigenvalue weighted by Crippen LogP contribution is -2.32. The Kier molecular flexibility index (Phi) is 6.34. The average Bonchev–Trinajstić information content (AvgIpc) is 2.53. The number of halogens is 3. The van der Waals surface area contributed by atoms with Gasteiger partial charge >= 0.3 is 6.18 Å². The van der Waals surface area contributed by atoms with Gasteiger partial charge in [-0.15, -0.1) is 0 Å². The Balaban J connectivity index is 1.88. The molecule has 2 rings (SSSR count). The van der Waals surface area contributed by atoms with Gasteiger partial charge in [-0.1, -0.05) is 18.2 Å². The van der Waals surface area contributed by atoms with E-state index in [4.69, 9.17) is 0 Å². The number of nitrogens with zero attached hydrogens (tertiary/aromatic N) is 2. The van der Waals surface area contributed by atoms with Crippen LogP contribution in [-0.4, -0.2) is 41.2 Å². The van der Waals surface area contributed by atoms with Crippen LogP contribution in [0.25, 0.3) is 0 Å². The fourth-order valence-electron chi connectivity index (χ4n) is 2.61. The number of hydrogen-bond acceptors (Lipinski definition) is 3. The third kappa shape index (κ3) is 5.62. The molecule has 1 atom stereocenters. The first-order valence-corrected chi connectivity index (χ1v) is 7.77. The minimum atomic E-state index is -4.40. The number of pyridine rings is 1. The van der Waals surface area contributed by atoms with Crippen molar-refractivity contribution in [3.63, 3.8) is 0 Å². The van der Waals surface area contributed by atoms with E-state index in [0.29, 0.717) is 13.1 Å². The Morgan fingerprint density at radius 3 is 2.46 bits per heavy atom. The molecule has 6 heteroatoms. The second-order valence-electron chi connectivity index (χ2n) is 5.88. The maximum absolute atomic E-state index is 13.0. The molecular formula is C18H21F3N2O. The molecule has 1 unspecified atom stereocenters. The average molecular weight is 338 g/mol. The molecule has 0 amide bonds. The summed E-state index contributed by atoms with van der Waals surface area (Å²) in [6.07, 6.45) is -1.03. The van der Waals surface area contributed by atoms with Crippen LogP contribution in [0, 0.1) is 0 Å². The first-order valence-electron chi connectivity index (χ1n) is 7.77. The molecule has 24 heavy (non-hydrogen) atoms. The zero-order valence-corrected chi connectivity index (χ0v) is 13.5. The van der Waals surface area contributed by atoms with Crippen LogP contribution < -0.4 is 0 Å². The molecule has 0 aliphatic heterocycles. The van der Waals surface area contributed by atoms with Crippen molar-refractivity contribution in [1.82, 2.24) is 9.88 Å². The highest BCUT2D eigenvalue weighted by Crippen LogP contribution is 2.32. The van der Waals surface area contributed by atoms with Crippen molar-refractivity contribution in [2.45, 2.75) is 25.1 Å². The third-order valence-corrected chi connectivity index (χ3v) is 3.83. The lowest BCUT2D eigenvalue weighted by molar-refractivity contribution is -0.138. The highest BCUT2D eigenvalue weighted by atomic mass is 19.4. The maximum Gasteiger partial charge on any atom is 0.416 e. The number of aromatic nitrogens is 1. The topological polar surface area (TPSA) is 36.4 Å². The normalized spacial score (nSPS) is 13.2. The standard InChI is InChI=1S/C18H21F3N2O/c1-23(11-8-14-6-9-22-10-7-14)13-16(24)12-15-4-2-3-5-17(15)18(19,20)21/h2-7,9-10,16,24H,8,11-13H2,1H3. The lowest BCUT2D eigenvalue weighted by atomic mass is 10.0. The van der Waals surface area contributed by atoms with E-state index >= 15 is 0 Å². The van der Waals surface area contributed by atoms with Gasteiger partial charge in [0.2, 0.25) is 0 Å². The molecule has 3 nitrogen and oxygen atoms in total. The predicted octanol–water partition coefficient (Wildman–Crippen LogP) is 3.18. The Morgan fingerprint density at radius 2 is 1.79 bits per heavy atom. The fourth-order valence-corrected chi connectivity index (χ4v) is 2.61. The van der Waals surface area contributed by atoms with Gasteiger partial charge in [-0.2, -0.15) is 13.2 Å². The lowest BCUT2D eigenvalue weighted by Gasteiger charge is -2.22. The molecule has 0 spiro atoms. The van der Waals surface area contributed by atoms with E-state index in [0.717, 1.165) is 18.1 Å². The Labute approximate surface area is 139 Å². The van der Waals surface area contributed by atoms with Crippen LogP contribution in [0.3, 0.4) is 0 Å². The molecule has 0 fully saturated rings. The van der Waals surface area contributed by atoms with Crippen LogP contribution in [-0.2, 0) is 19.0 Å². The van der Waals surface area contributed by atoms with Crippen LogP contribution in [0.15, 0.2) is 48.8 Å². The van der Waals surface area contributed by atoms with Crippen LogP contribution in [0.5, 0.6) is 0 Å². The van der Waals surface area contributed by atoms with Crippen LogP contribution in [0.4, 0.5) is 13.2 Å². The summed E-state index contributed by atoms with van der Waals surface area (Å²) < 4.78 is 38.9. The van der Waals surface area contributed by atoms with Crippen LogP contribution in [0.2, 0.25) is 0 Å². The monoisotopic (exact) mass is 338 g/mol. The van der Waals surface area contributed by atoms with Gasteiger partial charge in [0, 0.05) is 31.9 Å². The van der Waals surface area contributed by atoms with Crippen molar-refractivity contribution < 1.29 is 18.3 Å². The molecule has 0 saturated heterocycles. The van der Waals surface area contributed by atoms with Gasteiger partial charge in [-0.3, -0.25) is 4.98 Å². The summed E-state index contributed by atoms with van der Waals surface area (Å²) >= 11 is 0. The summed E-state index contributed by atoms with van der Waals surface area (Å²) in [5, 5.41) is 10.1. The van der Waals surface area contributed by atoms with E-state index in [2.05, 4.69) is 4.98 Å². The summed E-state index contributed by atoms with van der Waals surface area (Å²) in [5.41, 5.74) is 0.581. The molecule has 0 aliphatic carbocycles. The Morgan fingerprint density at radius 1 is 1.12 bits per heavy atom. The molecule has 1 aromatic carbocycles. The van der Waals surface area contributed by atoms with Gasteiger partial charge in [-0.05, 0) is 42.8 Å². The zero-order chi connectivity index (χ0) is 17.6. The molecule has 1 aromatic heterocycles. The van der Waals surface area contributed by atoms with Gasteiger partial charge in [0.15, 0.2) is 0 Å². The van der Waals surface area contributed by atoms with Gasteiger partial charge in [0.1, 0.15) is 0 Å². The zero-order valence-electron chi connectivity index (χ0n) is 13.5. The third-order valence-electron chi connectivity index (χ3n) is 3.83. The van der Waals surface area contributed by atoms with Crippen molar-refractivity contribution in [3.05, 3.63) is 65.5 Å². The van der Waals surface area contributed by atoms with Crippen molar-refractivity contribution in [2.75, 3.05) is 20.1 Å². The summed E-state index contributed by atoms with van der Waals surface area (Å²) in [7, 11) is 1.85. The van der Waals surface area contributed by atoms with Crippen LogP contribution in [0.1, 0.15) is 16.7 Å². The van der Waals surface area contributed by atoms with Gasteiger partial charge in [0.25, 0.3) is 0 Å². The van der Waals surface area contributed by atoms with Crippen molar-refractivity contribution in [1.29, 1.82) is 0 Å². The van der Waals surface area contributed by atoms with Crippen LogP contribution >= 0.6 is 0 Å². The smallest absolute Gasteiger partial charge is 0.391 e. The molecule has 0 saturated carbocycles. The quantitative estimate of drug-likeness (QED) is 0.842. The van der Waals surface area contributed by atoms with Crippen molar-refractivity contribution in [3.8, 4) is 0 Å². The molecule has 2 aromatic rings. The number of alkyl halides is 3. The molecule has 0 radical (unpaired) electrons. The van der Waals surface area contributed by atoms with Crippen molar-refractivity contribution in [2.24, 2.45) is 0 Å². The Bertz CT molecular complexity index is 632. The second-order valence-corrected chi connectivity index (χ2v) is 5.88. The predicted molar refractivity (Wildman–Crippen MR) is 86.6 cm³/mol. The molecule has 130 valence electrons. The first kappa shape index (κ1) is 18.4. The van der Waals surface area contributed by atoms with E-state index in [1.807, 2.05) is 24.1 Å². The summed E-state index contributed by atoms with van der Waals surface area (Å²) in [5.74, 6) is 0. The van der Waals surface area contributed by atoms with E-state index in [1.165, 1.54) is 12.1 Å². The Hall–Kier alpha value is -1.92. The largest absolute Gasteiger partial charge is 0.416 e. The summed E-state index contributed by atoms with van der Waals surface area (Å²) in [6, 6.07) is 9.23. The van der Waals surface area contributed by atoms with E-state index in [1.54, 1.807) is 18.5 Å². The molecule has 0 bridgehead atoms. The van der Waals surface area contributed by atoms with E-state index in [9.17, 15) is 18.3 Å². The number of aliphatic hydroxyl groups excluding tert-OH is 1.